The maximum absolute atomic E-state index is 2.43. The third-order valence-electron chi connectivity index (χ3n) is 12.3. The van der Waals surface area contributed by atoms with E-state index in [1.165, 1.54) is 71.6 Å². The van der Waals surface area contributed by atoms with Crippen LogP contribution in [0.15, 0.2) is 261 Å². The first-order valence-corrected chi connectivity index (χ1v) is 21.7. The fourth-order valence-electron chi connectivity index (χ4n) is 9.11. The minimum Gasteiger partial charge on any atom is -0.310 e. The van der Waals surface area contributed by atoms with Crippen LogP contribution < -0.4 is 4.90 Å². The summed E-state index contributed by atoms with van der Waals surface area (Å²) in [6, 6.07) is 94.8. The van der Waals surface area contributed by atoms with Crippen molar-refractivity contribution in [1.82, 2.24) is 0 Å². The Morgan fingerprint density at radius 3 is 1.08 bits per heavy atom. The van der Waals surface area contributed by atoms with Gasteiger partial charge in [-0.1, -0.05) is 212 Å². The minimum absolute atomic E-state index is 1.08. The number of hydrogen-bond acceptors (Lipinski definition) is 1. The van der Waals surface area contributed by atoms with Gasteiger partial charge in [-0.3, -0.25) is 0 Å². The molecular formula is C62H43N. The summed E-state index contributed by atoms with van der Waals surface area (Å²) in [6.45, 7) is 0. The molecule has 1 heteroatoms. The van der Waals surface area contributed by atoms with E-state index < -0.39 is 0 Å². The molecule has 0 aliphatic rings. The second kappa shape index (κ2) is 16.7. The quantitative estimate of drug-likeness (QED) is 0.141. The van der Waals surface area contributed by atoms with Crippen LogP contribution in [0.2, 0.25) is 0 Å². The molecule has 0 bridgehead atoms. The Hall–Kier alpha value is -8.26. The average Bonchev–Trinajstić information content (AvgIpc) is 3.37. The van der Waals surface area contributed by atoms with Crippen molar-refractivity contribution in [3.8, 4) is 66.8 Å². The van der Waals surface area contributed by atoms with Crippen molar-refractivity contribution in [1.29, 1.82) is 0 Å². The highest BCUT2D eigenvalue weighted by atomic mass is 15.1. The predicted octanol–water partition coefficient (Wildman–Crippen LogP) is 17.5. The van der Waals surface area contributed by atoms with Gasteiger partial charge in [0, 0.05) is 16.9 Å². The number of anilines is 3. The molecule has 296 valence electrons. The SMILES string of the molecule is c1ccc(-c2cc(-c3ccccc3)cc(-c3ccc(N(c4ccc(-c5cccc6ccccc56)cc4)c4cc(-c5cccc6ccccc56)ccc4-c4ccccc4)cc3)c2)cc1. The first kappa shape index (κ1) is 37.7. The average molecular weight is 802 g/mol. The first-order valence-electron chi connectivity index (χ1n) is 21.7. The molecule has 0 aliphatic carbocycles. The number of fused-ring (bicyclic) bond motifs is 2. The van der Waals surface area contributed by atoms with Crippen molar-refractivity contribution in [3.63, 3.8) is 0 Å². The van der Waals surface area contributed by atoms with Crippen molar-refractivity contribution in [3.05, 3.63) is 261 Å². The van der Waals surface area contributed by atoms with Gasteiger partial charge in [0.2, 0.25) is 0 Å². The number of benzene rings is 11. The van der Waals surface area contributed by atoms with E-state index in [-0.39, 0.29) is 0 Å². The Kier molecular flexibility index (Phi) is 9.97. The maximum atomic E-state index is 2.43. The van der Waals surface area contributed by atoms with E-state index in [0.717, 1.165) is 33.8 Å². The van der Waals surface area contributed by atoms with Gasteiger partial charge < -0.3 is 4.90 Å². The molecular weight excluding hydrogens is 759 g/mol. The molecule has 0 atom stereocenters. The third-order valence-corrected chi connectivity index (χ3v) is 12.3. The third kappa shape index (κ3) is 7.47. The van der Waals surface area contributed by atoms with Gasteiger partial charge in [-0.15, -0.1) is 0 Å². The molecule has 0 heterocycles. The molecule has 0 unspecified atom stereocenters. The summed E-state index contributed by atoms with van der Waals surface area (Å²) in [5.41, 5.74) is 17.5. The van der Waals surface area contributed by atoms with Gasteiger partial charge in [-0.2, -0.15) is 0 Å². The standard InChI is InChI=1S/C62H43N/c1-4-16-44(17-5-1)52-40-53(45-18-6-2-7-19-45)42-54(41-52)46-30-35-55(36-31-46)63(56-37-32-50(33-38-56)59-28-14-24-47-22-10-12-26-57(47)59)62-43-51(34-39-61(62)49-20-8-3-9-21-49)60-29-15-25-48-23-11-13-27-58(48)60/h1-43H. The van der Waals surface area contributed by atoms with Crippen molar-refractivity contribution in [2.45, 2.75) is 0 Å². The molecule has 0 N–H and O–H groups in total. The normalized spacial score (nSPS) is 11.2. The minimum atomic E-state index is 1.08. The Bertz CT molecular complexity index is 3280. The lowest BCUT2D eigenvalue weighted by atomic mass is 9.93. The van der Waals surface area contributed by atoms with E-state index in [0.29, 0.717) is 0 Å². The monoisotopic (exact) mass is 801 g/mol. The highest BCUT2D eigenvalue weighted by Crippen LogP contribution is 2.45. The van der Waals surface area contributed by atoms with E-state index in [4.69, 9.17) is 0 Å². The van der Waals surface area contributed by atoms with E-state index in [1.54, 1.807) is 0 Å². The van der Waals surface area contributed by atoms with Gasteiger partial charge >= 0.3 is 0 Å². The van der Waals surface area contributed by atoms with Crippen LogP contribution in [0.3, 0.4) is 0 Å². The summed E-state index contributed by atoms with van der Waals surface area (Å²) in [7, 11) is 0. The van der Waals surface area contributed by atoms with Gasteiger partial charge in [-0.05, 0) is 131 Å². The molecule has 0 fully saturated rings. The molecule has 0 aromatic heterocycles. The molecule has 1 nitrogen and oxygen atoms in total. The molecule has 11 rings (SSSR count). The molecule has 11 aromatic carbocycles. The molecule has 0 saturated heterocycles. The summed E-state index contributed by atoms with van der Waals surface area (Å²) >= 11 is 0. The van der Waals surface area contributed by atoms with Crippen LogP contribution in [-0.4, -0.2) is 0 Å². The van der Waals surface area contributed by atoms with Crippen LogP contribution in [0.25, 0.3) is 88.3 Å². The highest BCUT2D eigenvalue weighted by Gasteiger charge is 2.20. The molecule has 0 radical (unpaired) electrons. The Morgan fingerprint density at radius 2 is 0.571 bits per heavy atom. The zero-order chi connectivity index (χ0) is 42.0. The Labute approximate surface area is 369 Å². The zero-order valence-corrected chi connectivity index (χ0v) is 34.8. The lowest BCUT2D eigenvalue weighted by Crippen LogP contribution is -2.11. The van der Waals surface area contributed by atoms with Crippen LogP contribution in [-0.2, 0) is 0 Å². The summed E-state index contributed by atoms with van der Waals surface area (Å²) in [5, 5.41) is 4.96. The van der Waals surface area contributed by atoms with Crippen LogP contribution >= 0.6 is 0 Å². The highest BCUT2D eigenvalue weighted by molar-refractivity contribution is 6.00. The topological polar surface area (TPSA) is 3.24 Å². The largest absolute Gasteiger partial charge is 0.310 e. The number of nitrogens with zero attached hydrogens (tertiary/aromatic N) is 1. The number of hydrogen-bond donors (Lipinski definition) is 0. The van der Waals surface area contributed by atoms with E-state index >= 15 is 0 Å². The summed E-state index contributed by atoms with van der Waals surface area (Å²) < 4.78 is 0. The van der Waals surface area contributed by atoms with Crippen molar-refractivity contribution < 1.29 is 0 Å². The maximum Gasteiger partial charge on any atom is 0.0546 e. The smallest absolute Gasteiger partial charge is 0.0546 e. The van der Waals surface area contributed by atoms with Crippen LogP contribution in [0, 0.1) is 0 Å². The van der Waals surface area contributed by atoms with Gasteiger partial charge in [0.1, 0.15) is 0 Å². The lowest BCUT2D eigenvalue weighted by molar-refractivity contribution is 1.28. The molecule has 0 spiro atoms. The van der Waals surface area contributed by atoms with Crippen molar-refractivity contribution in [2.75, 3.05) is 4.90 Å². The second-order valence-electron chi connectivity index (χ2n) is 16.1. The molecule has 0 saturated carbocycles. The lowest BCUT2D eigenvalue weighted by Gasteiger charge is -2.29. The number of rotatable bonds is 9. The summed E-state index contributed by atoms with van der Waals surface area (Å²) in [4.78, 5) is 2.43. The second-order valence-corrected chi connectivity index (χ2v) is 16.1. The molecule has 0 aliphatic heterocycles. The Morgan fingerprint density at radius 1 is 0.206 bits per heavy atom. The van der Waals surface area contributed by atoms with Crippen LogP contribution in [0.1, 0.15) is 0 Å². The zero-order valence-electron chi connectivity index (χ0n) is 34.8. The summed E-state index contributed by atoms with van der Waals surface area (Å²) in [6.07, 6.45) is 0. The molecule has 0 amide bonds. The van der Waals surface area contributed by atoms with Gasteiger partial charge in [0.05, 0.1) is 5.69 Å². The Balaban J connectivity index is 1.09. The molecule has 11 aromatic rings. The van der Waals surface area contributed by atoms with Crippen LogP contribution in [0.4, 0.5) is 17.1 Å². The van der Waals surface area contributed by atoms with Crippen molar-refractivity contribution in [2.24, 2.45) is 0 Å². The summed E-state index contributed by atoms with van der Waals surface area (Å²) in [5.74, 6) is 0. The fraction of sp³-hybridized carbons (Fsp3) is 0. The first-order chi connectivity index (χ1) is 31.2. The van der Waals surface area contributed by atoms with Gasteiger partial charge in [0.15, 0.2) is 0 Å². The van der Waals surface area contributed by atoms with E-state index in [2.05, 4.69) is 266 Å². The van der Waals surface area contributed by atoms with E-state index in [1.807, 2.05) is 0 Å². The van der Waals surface area contributed by atoms with E-state index in [9.17, 15) is 0 Å². The fourth-order valence-corrected chi connectivity index (χ4v) is 9.11. The van der Waals surface area contributed by atoms with Crippen LogP contribution in [0.5, 0.6) is 0 Å². The predicted molar refractivity (Wildman–Crippen MR) is 269 cm³/mol. The van der Waals surface area contributed by atoms with Crippen molar-refractivity contribution >= 4 is 38.6 Å². The van der Waals surface area contributed by atoms with Gasteiger partial charge in [-0.25, -0.2) is 0 Å². The van der Waals surface area contributed by atoms with Gasteiger partial charge in [0.25, 0.3) is 0 Å². The molecule has 63 heavy (non-hydrogen) atoms.